The van der Waals surface area contributed by atoms with E-state index in [0.717, 1.165) is 0 Å². The summed E-state index contributed by atoms with van der Waals surface area (Å²) in [6, 6.07) is 13.8. The zero-order chi connectivity index (χ0) is 18.6. The van der Waals surface area contributed by atoms with Crippen LogP contribution in [0.15, 0.2) is 47.5 Å². The van der Waals surface area contributed by atoms with Crippen LogP contribution in [0.2, 0.25) is 0 Å². The van der Waals surface area contributed by atoms with Crippen molar-refractivity contribution in [3.8, 4) is 0 Å². The van der Waals surface area contributed by atoms with Gasteiger partial charge in [0.1, 0.15) is 0 Å². The van der Waals surface area contributed by atoms with E-state index < -0.39 is 21.3 Å². The maximum Gasteiger partial charge on any atom is -1.00 e. The van der Waals surface area contributed by atoms with Crippen LogP contribution in [0.4, 0.5) is 0 Å². The fourth-order valence-electron chi connectivity index (χ4n) is 4.99. The fourth-order valence-corrected chi connectivity index (χ4v) is 14.4. The van der Waals surface area contributed by atoms with Gasteiger partial charge in [-0.3, -0.25) is 0 Å². The zero-order valence-electron chi connectivity index (χ0n) is 17.5. The summed E-state index contributed by atoms with van der Waals surface area (Å²) in [5, 5.41) is 0. The number of benzene rings is 2. The third-order valence-electron chi connectivity index (χ3n) is 6.19. The first-order chi connectivity index (χ1) is 12.4. The molecule has 0 radical (unpaired) electrons. The van der Waals surface area contributed by atoms with Crippen molar-refractivity contribution in [2.45, 2.75) is 48.8 Å². The van der Waals surface area contributed by atoms with E-state index in [4.69, 9.17) is 0 Å². The van der Waals surface area contributed by atoms with Gasteiger partial charge < -0.3 is 24.8 Å². The van der Waals surface area contributed by atoms with Crippen molar-refractivity contribution in [1.29, 1.82) is 0 Å². The minimum atomic E-state index is -2.00. The average molecular weight is 491 g/mol. The first-order valence-electron chi connectivity index (χ1n) is 9.62. The Morgan fingerprint density at radius 3 is 1.43 bits per heavy atom. The van der Waals surface area contributed by atoms with Crippen molar-refractivity contribution in [3.63, 3.8) is 0 Å². The molecular weight excluding hydrogens is 462 g/mol. The van der Waals surface area contributed by atoms with Crippen molar-refractivity contribution >= 4 is 15.4 Å². The van der Waals surface area contributed by atoms with Crippen LogP contribution in [0.1, 0.15) is 68.3 Å². The molecule has 0 nitrogen and oxygen atoms in total. The van der Waals surface area contributed by atoms with Crippen LogP contribution in [-0.2, 0) is 21.3 Å². The molecule has 146 valence electrons. The molecule has 4 rings (SSSR count). The quantitative estimate of drug-likeness (QED) is 0.583. The Kier molecular flexibility index (Phi) is 7.52. The topological polar surface area (TPSA) is 0 Å². The van der Waals surface area contributed by atoms with Crippen molar-refractivity contribution in [2.24, 2.45) is 0 Å². The minimum Gasteiger partial charge on any atom is -1.00 e. The maximum atomic E-state index is 2.48. The number of allylic oxidation sites excluding steroid dienone is 2. The largest absolute Gasteiger partial charge is 1.00 e. The van der Waals surface area contributed by atoms with E-state index in [1.807, 2.05) is 0 Å². The molecule has 2 atom stereocenters. The number of halogens is 2. The van der Waals surface area contributed by atoms with Gasteiger partial charge in [0, 0.05) is 0 Å². The van der Waals surface area contributed by atoms with Crippen LogP contribution in [0.5, 0.6) is 0 Å². The normalized spacial score (nSPS) is 18.6. The number of hydrogen-bond donors (Lipinski definition) is 0. The van der Waals surface area contributed by atoms with Crippen LogP contribution in [0, 0.1) is 13.8 Å². The molecule has 0 spiro atoms. The number of aryl methyl sites for hydroxylation is 2. The molecule has 0 amide bonds. The summed E-state index contributed by atoms with van der Waals surface area (Å²) in [5.74, 6) is 0. The van der Waals surface area contributed by atoms with E-state index >= 15 is 0 Å². The Labute approximate surface area is 190 Å². The smallest absolute Gasteiger partial charge is 1.00 e. The number of rotatable bonds is 2. The number of hydrogen-bond acceptors (Lipinski definition) is 0. The van der Waals surface area contributed by atoms with E-state index in [2.05, 4.69) is 90.1 Å². The van der Waals surface area contributed by atoms with Gasteiger partial charge >= 0.3 is 166 Å². The van der Waals surface area contributed by atoms with E-state index in [9.17, 15) is 0 Å². The molecule has 28 heavy (non-hydrogen) atoms. The molecular formula is C25H28Cl2Zr. The fraction of sp³-hybridized carbons (Fsp3) is 0.320. The van der Waals surface area contributed by atoms with Crippen molar-refractivity contribution in [1.82, 2.24) is 0 Å². The first kappa shape index (κ1) is 23.5. The molecule has 0 aliphatic heterocycles. The summed E-state index contributed by atoms with van der Waals surface area (Å²) in [6.45, 7) is 14.1. The molecule has 2 aromatic carbocycles. The maximum absolute atomic E-state index is 2.48. The van der Waals surface area contributed by atoms with Crippen LogP contribution in [0.3, 0.4) is 0 Å². The third-order valence-corrected chi connectivity index (χ3v) is 15.9. The van der Waals surface area contributed by atoms with E-state index in [0.29, 0.717) is 7.25 Å². The summed E-state index contributed by atoms with van der Waals surface area (Å²) in [6.07, 6.45) is 4.95. The van der Waals surface area contributed by atoms with Crippen molar-refractivity contribution in [3.05, 3.63) is 80.9 Å². The number of fused-ring (bicyclic) bond motifs is 2. The van der Waals surface area contributed by atoms with E-state index in [1.54, 1.807) is 25.5 Å². The molecule has 2 aliphatic rings. The predicted octanol–water partition coefficient (Wildman–Crippen LogP) is 0.758. The van der Waals surface area contributed by atoms with Crippen molar-refractivity contribution < 1.29 is 46.1 Å². The van der Waals surface area contributed by atoms with Crippen LogP contribution >= 0.6 is 0 Å². The van der Waals surface area contributed by atoms with Crippen LogP contribution < -0.4 is 24.8 Å². The molecule has 0 heterocycles. The minimum absolute atomic E-state index is 0. The monoisotopic (exact) mass is 488 g/mol. The summed E-state index contributed by atoms with van der Waals surface area (Å²) >= 11 is -2.00. The third kappa shape index (κ3) is 3.71. The Hall–Kier alpha value is -0.747. The van der Waals surface area contributed by atoms with E-state index in [-0.39, 0.29) is 24.8 Å². The summed E-state index contributed by atoms with van der Waals surface area (Å²) < 4.78 is 3.08. The Bertz CT molecular complexity index is 932. The Morgan fingerprint density at radius 2 is 1.07 bits per heavy atom. The standard InChI is InChI=1S/2C11H11.C3H6.2ClH.Zr/c2*1-8-6-10-5-3-4-9(2)11(10)7-8;1-3-2;;;/h2*3-7H,1-2H3;1-2H3;2*1H;/q;;;;;+2/p-2. The van der Waals surface area contributed by atoms with Gasteiger partial charge in [-0.25, -0.2) is 0 Å². The first-order valence-corrected chi connectivity index (χ1v) is 13.7. The van der Waals surface area contributed by atoms with Gasteiger partial charge in [-0.2, -0.15) is 0 Å². The molecule has 0 saturated carbocycles. The van der Waals surface area contributed by atoms with Gasteiger partial charge in [0.2, 0.25) is 0 Å². The molecule has 0 N–H and O–H groups in total. The molecule has 2 aliphatic carbocycles. The van der Waals surface area contributed by atoms with Gasteiger partial charge in [0.25, 0.3) is 0 Å². The molecule has 3 heteroatoms. The van der Waals surface area contributed by atoms with Crippen molar-refractivity contribution in [2.75, 3.05) is 0 Å². The predicted molar refractivity (Wildman–Crippen MR) is 111 cm³/mol. The summed E-state index contributed by atoms with van der Waals surface area (Å²) in [5.41, 5.74) is 12.3. The van der Waals surface area contributed by atoms with Crippen LogP contribution in [0.25, 0.3) is 12.2 Å². The second kappa shape index (κ2) is 8.95. The van der Waals surface area contributed by atoms with Gasteiger partial charge in [-0.1, -0.05) is 0 Å². The second-order valence-electron chi connectivity index (χ2n) is 8.25. The van der Waals surface area contributed by atoms with E-state index in [1.165, 1.54) is 22.3 Å². The summed E-state index contributed by atoms with van der Waals surface area (Å²) in [4.78, 5) is 0. The SMILES string of the molecule is CC1=Cc2c(C)cccc2[CH]1[Zr+2](=[C](C)C)[CH]1C(C)=Cc2c(C)cccc21.[Cl-].[Cl-]. The average Bonchev–Trinajstić information content (AvgIpc) is 3.09. The van der Waals surface area contributed by atoms with Crippen LogP contribution in [-0.4, -0.2) is 3.21 Å². The molecule has 0 aromatic heterocycles. The molecule has 0 fully saturated rings. The Morgan fingerprint density at radius 1 is 0.679 bits per heavy atom. The second-order valence-corrected chi connectivity index (χ2v) is 15.8. The zero-order valence-corrected chi connectivity index (χ0v) is 21.5. The van der Waals surface area contributed by atoms with Gasteiger partial charge in [-0.05, 0) is 0 Å². The van der Waals surface area contributed by atoms with Gasteiger partial charge in [0.15, 0.2) is 0 Å². The van der Waals surface area contributed by atoms with Gasteiger partial charge in [0.05, 0.1) is 0 Å². The van der Waals surface area contributed by atoms with Gasteiger partial charge in [-0.15, -0.1) is 0 Å². The Balaban J connectivity index is 0.00000140. The summed E-state index contributed by atoms with van der Waals surface area (Å²) in [7, 11) is 0. The molecule has 0 saturated heterocycles. The molecule has 0 bridgehead atoms. The molecule has 2 aromatic rings. The molecule has 2 unspecified atom stereocenters.